The van der Waals surface area contributed by atoms with E-state index >= 15 is 0 Å². The summed E-state index contributed by atoms with van der Waals surface area (Å²) in [6.07, 6.45) is 2.09. The minimum atomic E-state index is 0.908. The number of thioether (sulfide) groups is 1. The lowest BCUT2D eigenvalue weighted by Crippen LogP contribution is -1.83. The molecular weight excluding hydrogens is 198 g/mol. The van der Waals surface area contributed by atoms with Crippen molar-refractivity contribution in [1.82, 2.24) is 0 Å². The van der Waals surface area contributed by atoms with Crippen molar-refractivity contribution in [3.63, 3.8) is 0 Å². The number of benzene rings is 1. The monoisotopic (exact) mass is 209 g/mol. The van der Waals surface area contributed by atoms with Gasteiger partial charge in [-0.25, -0.2) is 0 Å². The van der Waals surface area contributed by atoms with E-state index in [0.29, 0.717) is 0 Å². The Kier molecular flexibility index (Phi) is 2.22. The van der Waals surface area contributed by atoms with Crippen LogP contribution in [-0.2, 0) is 0 Å². The number of aryl methyl sites for hydroxylation is 1. The molecule has 0 aliphatic rings. The quantitative estimate of drug-likeness (QED) is 0.727. The Bertz CT molecular complexity index is 445. The molecule has 0 aliphatic heterocycles. The fourth-order valence-electron chi connectivity index (χ4n) is 1.49. The van der Waals surface area contributed by atoms with E-state index in [2.05, 4.69) is 25.3 Å². The van der Waals surface area contributed by atoms with Gasteiger partial charge < -0.3 is 5.73 Å². The largest absolute Gasteiger partial charge is 0.398 e. The first-order valence-corrected chi connectivity index (χ1v) is 6.14. The minimum Gasteiger partial charge on any atom is -0.398 e. The van der Waals surface area contributed by atoms with E-state index in [1.54, 1.807) is 23.1 Å². The normalized spacial score (nSPS) is 10.9. The lowest BCUT2D eigenvalue weighted by atomic mass is 10.1. The predicted octanol–water partition coefficient (Wildman–Crippen LogP) is 3.51. The Balaban J connectivity index is 2.79. The highest BCUT2D eigenvalue weighted by atomic mass is 32.2. The average Bonchev–Trinajstić information content (AvgIpc) is 2.48. The zero-order chi connectivity index (χ0) is 9.42. The molecule has 0 fully saturated rings. The number of thiophene rings is 1. The van der Waals surface area contributed by atoms with Gasteiger partial charge in [-0.3, -0.25) is 0 Å². The second-order valence-electron chi connectivity index (χ2n) is 3.01. The fourth-order valence-corrected chi connectivity index (χ4v) is 3.06. The van der Waals surface area contributed by atoms with Gasteiger partial charge in [0.05, 0.1) is 5.69 Å². The van der Waals surface area contributed by atoms with Crippen molar-refractivity contribution in [2.75, 3.05) is 12.0 Å². The number of hydrogen-bond donors (Lipinski definition) is 1. The van der Waals surface area contributed by atoms with E-state index in [4.69, 9.17) is 5.73 Å². The number of nitrogens with two attached hydrogens (primary N) is 1. The van der Waals surface area contributed by atoms with Gasteiger partial charge in [0.2, 0.25) is 0 Å². The molecule has 0 amide bonds. The van der Waals surface area contributed by atoms with Crippen molar-refractivity contribution in [2.24, 2.45) is 0 Å². The van der Waals surface area contributed by atoms with E-state index in [1.807, 2.05) is 5.38 Å². The number of rotatable bonds is 1. The van der Waals surface area contributed by atoms with Crippen molar-refractivity contribution >= 4 is 38.9 Å². The summed E-state index contributed by atoms with van der Waals surface area (Å²) in [6.45, 7) is 2.12. The molecule has 0 aliphatic carbocycles. The van der Waals surface area contributed by atoms with Gasteiger partial charge in [-0.05, 0) is 30.9 Å². The van der Waals surface area contributed by atoms with Crippen molar-refractivity contribution in [3.05, 3.63) is 23.1 Å². The lowest BCUT2D eigenvalue weighted by Gasteiger charge is -2.01. The second-order valence-corrected chi connectivity index (χ2v) is 4.80. The summed E-state index contributed by atoms with van der Waals surface area (Å²) < 4.78 is 1.29. The molecule has 0 atom stereocenters. The standard InChI is InChI=1S/C10H11NS2/c1-6-3-7(12-2)4-9-10(6)8(11)5-13-9/h3-5H,11H2,1-2H3. The average molecular weight is 209 g/mol. The van der Waals surface area contributed by atoms with Gasteiger partial charge in [0.25, 0.3) is 0 Å². The van der Waals surface area contributed by atoms with Crippen LogP contribution in [0.3, 0.4) is 0 Å². The molecule has 0 saturated carbocycles. The van der Waals surface area contributed by atoms with E-state index in [9.17, 15) is 0 Å². The van der Waals surface area contributed by atoms with Crippen LogP contribution >= 0.6 is 23.1 Å². The summed E-state index contributed by atoms with van der Waals surface area (Å²) in [4.78, 5) is 1.31. The molecule has 2 aromatic rings. The first-order chi connectivity index (χ1) is 6.22. The number of nitrogen functional groups attached to an aromatic ring is 1. The molecule has 0 spiro atoms. The second kappa shape index (κ2) is 3.24. The van der Waals surface area contributed by atoms with E-state index in [-0.39, 0.29) is 0 Å². The van der Waals surface area contributed by atoms with Crippen molar-refractivity contribution in [2.45, 2.75) is 11.8 Å². The van der Waals surface area contributed by atoms with E-state index in [0.717, 1.165) is 5.69 Å². The van der Waals surface area contributed by atoms with Gasteiger partial charge in [-0.1, -0.05) is 0 Å². The Hall–Kier alpha value is -0.670. The van der Waals surface area contributed by atoms with Gasteiger partial charge >= 0.3 is 0 Å². The summed E-state index contributed by atoms with van der Waals surface area (Å²) in [5, 5.41) is 3.24. The molecule has 2 rings (SSSR count). The van der Waals surface area contributed by atoms with Gasteiger partial charge in [0.15, 0.2) is 0 Å². The molecule has 3 heteroatoms. The number of hydrogen-bond acceptors (Lipinski definition) is 3. The molecule has 2 N–H and O–H groups in total. The van der Waals surface area contributed by atoms with Crippen LogP contribution in [0.2, 0.25) is 0 Å². The van der Waals surface area contributed by atoms with Crippen molar-refractivity contribution in [3.8, 4) is 0 Å². The summed E-state index contributed by atoms with van der Waals surface area (Å²) >= 11 is 3.49. The summed E-state index contributed by atoms with van der Waals surface area (Å²) in [5.41, 5.74) is 8.06. The Labute approximate surface area is 85.9 Å². The maximum absolute atomic E-state index is 5.87. The Morgan fingerprint density at radius 3 is 2.85 bits per heavy atom. The fraction of sp³-hybridized carbons (Fsp3) is 0.200. The molecule has 0 radical (unpaired) electrons. The summed E-state index contributed by atoms with van der Waals surface area (Å²) in [5.74, 6) is 0. The van der Waals surface area contributed by atoms with Crippen LogP contribution in [0.4, 0.5) is 5.69 Å². The minimum absolute atomic E-state index is 0.908. The highest BCUT2D eigenvalue weighted by Gasteiger charge is 2.05. The molecule has 68 valence electrons. The highest BCUT2D eigenvalue weighted by molar-refractivity contribution is 7.98. The van der Waals surface area contributed by atoms with Gasteiger partial charge in [-0.15, -0.1) is 23.1 Å². The molecule has 1 heterocycles. The van der Waals surface area contributed by atoms with Crippen LogP contribution in [0.15, 0.2) is 22.4 Å². The third-order valence-corrected chi connectivity index (χ3v) is 3.76. The smallest absolute Gasteiger partial charge is 0.0505 e. The van der Waals surface area contributed by atoms with Crippen LogP contribution < -0.4 is 5.73 Å². The predicted molar refractivity (Wildman–Crippen MR) is 62.8 cm³/mol. The molecule has 0 bridgehead atoms. The Morgan fingerprint density at radius 1 is 1.38 bits per heavy atom. The van der Waals surface area contributed by atoms with Crippen LogP contribution in [0.5, 0.6) is 0 Å². The van der Waals surface area contributed by atoms with Crippen molar-refractivity contribution in [1.29, 1.82) is 0 Å². The number of anilines is 1. The van der Waals surface area contributed by atoms with Gasteiger partial charge in [0, 0.05) is 20.4 Å². The summed E-state index contributed by atoms with van der Waals surface area (Å²) in [7, 11) is 0. The third kappa shape index (κ3) is 1.42. The van der Waals surface area contributed by atoms with E-state index < -0.39 is 0 Å². The zero-order valence-corrected chi connectivity index (χ0v) is 9.26. The third-order valence-electron chi connectivity index (χ3n) is 2.11. The highest BCUT2D eigenvalue weighted by Crippen LogP contribution is 2.33. The lowest BCUT2D eigenvalue weighted by molar-refractivity contribution is 1.43. The molecule has 0 saturated heterocycles. The molecule has 1 aromatic carbocycles. The zero-order valence-electron chi connectivity index (χ0n) is 7.63. The van der Waals surface area contributed by atoms with Crippen LogP contribution in [-0.4, -0.2) is 6.26 Å². The van der Waals surface area contributed by atoms with Crippen LogP contribution in [0.1, 0.15) is 5.56 Å². The Morgan fingerprint density at radius 2 is 2.15 bits per heavy atom. The van der Waals surface area contributed by atoms with Gasteiger partial charge in [-0.2, -0.15) is 0 Å². The molecule has 1 aromatic heterocycles. The topological polar surface area (TPSA) is 26.0 Å². The SMILES string of the molecule is CSc1cc(C)c2c(N)csc2c1. The summed E-state index contributed by atoms with van der Waals surface area (Å²) in [6, 6.07) is 4.39. The molecule has 0 unspecified atom stereocenters. The van der Waals surface area contributed by atoms with Crippen LogP contribution in [0, 0.1) is 6.92 Å². The first-order valence-electron chi connectivity index (χ1n) is 4.03. The molecule has 13 heavy (non-hydrogen) atoms. The van der Waals surface area contributed by atoms with Gasteiger partial charge in [0.1, 0.15) is 0 Å². The van der Waals surface area contributed by atoms with Crippen LogP contribution in [0.25, 0.3) is 10.1 Å². The first kappa shape index (κ1) is 8.91. The van der Waals surface area contributed by atoms with Crippen molar-refractivity contribution < 1.29 is 0 Å². The maximum Gasteiger partial charge on any atom is 0.0505 e. The maximum atomic E-state index is 5.87. The number of fused-ring (bicyclic) bond motifs is 1. The molecule has 1 nitrogen and oxygen atoms in total. The van der Waals surface area contributed by atoms with E-state index in [1.165, 1.54) is 20.5 Å². The molecular formula is C10H11NS2.